The molecule has 1 aromatic carbocycles. The first-order valence-corrected chi connectivity index (χ1v) is 7.35. The van der Waals surface area contributed by atoms with Crippen molar-refractivity contribution < 1.29 is 9.18 Å². The van der Waals surface area contributed by atoms with Gasteiger partial charge >= 0.3 is 0 Å². The third-order valence-electron chi connectivity index (χ3n) is 3.40. The molecule has 0 aliphatic heterocycles. The minimum Gasteiger partial charge on any atom is -0.323 e. The summed E-state index contributed by atoms with van der Waals surface area (Å²) in [7, 11) is 0. The van der Waals surface area contributed by atoms with Crippen LogP contribution >= 0.6 is 0 Å². The van der Waals surface area contributed by atoms with E-state index in [0.29, 0.717) is 0 Å². The second kappa shape index (κ2) is 9.29. The van der Waals surface area contributed by atoms with Crippen LogP contribution in [0.3, 0.4) is 0 Å². The molecule has 0 spiro atoms. The quantitative estimate of drug-likeness (QED) is 0.530. The summed E-state index contributed by atoms with van der Waals surface area (Å²) in [6, 6.07) is 6.28. The van der Waals surface area contributed by atoms with Gasteiger partial charge < -0.3 is 5.32 Å². The number of carbonyl (C=O) groups is 1. The number of nitrogens with one attached hydrogen (secondary N) is 1. The fourth-order valence-corrected chi connectivity index (χ4v) is 2.14. The molecule has 0 fully saturated rings. The first-order valence-electron chi connectivity index (χ1n) is 7.35. The molecular formula is C17H24FNO. The van der Waals surface area contributed by atoms with Crippen molar-refractivity contribution in [3.05, 3.63) is 42.2 Å². The monoisotopic (exact) mass is 277 g/mol. The number of amides is 1. The van der Waals surface area contributed by atoms with Crippen LogP contribution in [0, 0.1) is 11.7 Å². The van der Waals surface area contributed by atoms with Gasteiger partial charge in [0.1, 0.15) is 5.82 Å². The van der Waals surface area contributed by atoms with Gasteiger partial charge in [0.15, 0.2) is 0 Å². The molecule has 1 rings (SSSR count). The molecule has 0 aromatic heterocycles. The molecule has 2 nitrogen and oxygen atoms in total. The van der Waals surface area contributed by atoms with Crippen molar-refractivity contribution in [3.8, 4) is 0 Å². The fourth-order valence-electron chi connectivity index (χ4n) is 2.14. The molecule has 1 unspecified atom stereocenters. The van der Waals surface area contributed by atoms with Gasteiger partial charge in [0, 0.05) is 5.92 Å². The van der Waals surface area contributed by atoms with E-state index in [2.05, 4.69) is 11.4 Å². The number of carbonyl (C=O) groups excluding carboxylic acids is 1. The third-order valence-corrected chi connectivity index (χ3v) is 3.40. The molecule has 20 heavy (non-hydrogen) atoms. The average molecular weight is 277 g/mol. The van der Waals surface area contributed by atoms with Crippen LogP contribution in [0.15, 0.2) is 36.4 Å². The Morgan fingerprint density at radius 2 is 2.10 bits per heavy atom. The van der Waals surface area contributed by atoms with Crippen molar-refractivity contribution in [2.24, 2.45) is 5.92 Å². The summed E-state index contributed by atoms with van der Waals surface area (Å²) in [5, 5.41) is 2.69. The van der Waals surface area contributed by atoms with Crippen molar-refractivity contribution in [1.82, 2.24) is 0 Å². The second-order valence-electron chi connectivity index (χ2n) is 4.93. The van der Waals surface area contributed by atoms with Gasteiger partial charge in [-0.3, -0.25) is 4.79 Å². The number of para-hydroxylation sites is 1. The van der Waals surface area contributed by atoms with E-state index in [4.69, 9.17) is 0 Å². The van der Waals surface area contributed by atoms with E-state index in [9.17, 15) is 9.18 Å². The Labute approximate surface area is 121 Å². The van der Waals surface area contributed by atoms with Crippen LogP contribution in [-0.4, -0.2) is 5.91 Å². The number of unbranched alkanes of at least 4 members (excludes halogenated alkanes) is 2. The molecule has 1 N–H and O–H groups in total. The largest absolute Gasteiger partial charge is 0.323 e. The number of anilines is 1. The van der Waals surface area contributed by atoms with Crippen LogP contribution < -0.4 is 5.32 Å². The number of hydrogen-bond acceptors (Lipinski definition) is 1. The zero-order valence-corrected chi connectivity index (χ0v) is 12.4. The molecule has 0 heterocycles. The van der Waals surface area contributed by atoms with Gasteiger partial charge in [-0.2, -0.15) is 0 Å². The number of benzene rings is 1. The molecule has 3 heteroatoms. The minimum atomic E-state index is -0.385. The first kappa shape index (κ1) is 16.4. The minimum absolute atomic E-state index is 0.0415. The van der Waals surface area contributed by atoms with Crippen LogP contribution in [-0.2, 0) is 4.79 Å². The van der Waals surface area contributed by atoms with E-state index in [1.54, 1.807) is 18.2 Å². The summed E-state index contributed by atoms with van der Waals surface area (Å²) in [5.41, 5.74) is 0.268. The molecule has 0 aliphatic rings. The molecule has 0 aliphatic carbocycles. The molecule has 0 saturated heterocycles. The van der Waals surface area contributed by atoms with Crippen LogP contribution in [0.4, 0.5) is 10.1 Å². The van der Waals surface area contributed by atoms with Gasteiger partial charge in [-0.25, -0.2) is 4.39 Å². The van der Waals surface area contributed by atoms with Crippen LogP contribution in [0.1, 0.15) is 46.0 Å². The molecule has 1 aromatic rings. The topological polar surface area (TPSA) is 29.1 Å². The lowest BCUT2D eigenvalue weighted by atomic mass is 9.97. The lowest BCUT2D eigenvalue weighted by Gasteiger charge is -2.15. The third kappa shape index (κ3) is 5.55. The average Bonchev–Trinajstić information content (AvgIpc) is 2.45. The zero-order valence-electron chi connectivity index (χ0n) is 12.4. The number of hydrogen-bond donors (Lipinski definition) is 1. The Balaban J connectivity index is 2.44. The maximum Gasteiger partial charge on any atom is 0.227 e. The van der Waals surface area contributed by atoms with Crippen molar-refractivity contribution >= 4 is 11.6 Å². The SMILES string of the molecule is CC=CCCCCC(CC)C(=O)Nc1ccccc1F. The highest BCUT2D eigenvalue weighted by atomic mass is 19.1. The Morgan fingerprint density at radius 3 is 2.75 bits per heavy atom. The first-order chi connectivity index (χ1) is 9.69. The van der Waals surface area contributed by atoms with E-state index in [1.807, 2.05) is 19.9 Å². The van der Waals surface area contributed by atoms with Gasteiger partial charge in [-0.05, 0) is 44.7 Å². The standard InChI is InChI=1S/C17H24FNO/c1-3-5-6-7-8-11-14(4-2)17(20)19-16-13-10-9-12-15(16)18/h3,5,9-10,12-14H,4,6-8,11H2,1-2H3,(H,19,20). The molecular weight excluding hydrogens is 253 g/mol. The Kier molecular flexibility index (Phi) is 7.63. The van der Waals surface area contributed by atoms with Crippen molar-refractivity contribution in [2.75, 3.05) is 5.32 Å². The summed E-state index contributed by atoms with van der Waals surface area (Å²) in [4.78, 5) is 12.1. The molecule has 1 amide bonds. The zero-order chi connectivity index (χ0) is 14.8. The molecule has 1 atom stereocenters. The maximum absolute atomic E-state index is 13.5. The fraction of sp³-hybridized carbons (Fsp3) is 0.471. The summed E-state index contributed by atoms with van der Waals surface area (Å²) in [6.45, 7) is 4.01. The molecule has 0 bridgehead atoms. The lowest BCUT2D eigenvalue weighted by molar-refractivity contribution is -0.120. The normalized spacial score (nSPS) is 12.6. The van der Waals surface area contributed by atoms with E-state index < -0.39 is 0 Å². The predicted octanol–water partition coefficient (Wildman–Crippen LogP) is 4.93. The predicted molar refractivity (Wildman–Crippen MR) is 82.1 cm³/mol. The van der Waals surface area contributed by atoms with Gasteiger partial charge in [0.2, 0.25) is 5.91 Å². The van der Waals surface area contributed by atoms with Crippen LogP contribution in [0.2, 0.25) is 0 Å². The molecule has 110 valence electrons. The highest BCUT2D eigenvalue weighted by molar-refractivity contribution is 5.92. The van der Waals surface area contributed by atoms with Crippen molar-refractivity contribution in [1.29, 1.82) is 0 Å². The van der Waals surface area contributed by atoms with Gasteiger partial charge in [-0.15, -0.1) is 0 Å². The van der Waals surface area contributed by atoms with Crippen molar-refractivity contribution in [3.63, 3.8) is 0 Å². The summed E-state index contributed by atoms with van der Waals surface area (Å²) in [5.74, 6) is -0.507. The lowest BCUT2D eigenvalue weighted by Crippen LogP contribution is -2.22. The van der Waals surface area contributed by atoms with E-state index in [0.717, 1.165) is 32.1 Å². The molecule has 0 radical (unpaired) electrons. The van der Waals surface area contributed by atoms with Gasteiger partial charge in [-0.1, -0.05) is 37.6 Å². The maximum atomic E-state index is 13.5. The number of rotatable bonds is 8. The van der Waals surface area contributed by atoms with E-state index in [-0.39, 0.29) is 23.3 Å². The van der Waals surface area contributed by atoms with Crippen LogP contribution in [0.25, 0.3) is 0 Å². The van der Waals surface area contributed by atoms with Gasteiger partial charge in [0.05, 0.1) is 5.69 Å². The molecule has 0 saturated carbocycles. The summed E-state index contributed by atoms with van der Waals surface area (Å²) >= 11 is 0. The smallest absolute Gasteiger partial charge is 0.227 e. The Morgan fingerprint density at radius 1 is 1.35 bits per heavy atom. The second-order valence-corrected chi connectivity index (χ2v) is 4.93. The highest BCUT2D eigenvalue weighted by Crippen LogP contribution is 2.18. The van der Waals surface area contributed by atoms with Crippen molar-refractivity contribution in [2.45, 2.75) is 46.0 Å². The summed E-state index contributed by atoms with van der Waals surface area (Å²) < 4.78 is 13.5. The Bertz CT molecular complexity index is 442. The Hall–Kier alpha value is -1.64. The van der Waals surface area contributed by atoms with Crippen LogP contribution in [0.5, 0.6) is 0 Å². The number of halogens is 1. The number of allylic oxidation sites excluding steroid dienone is 2. The van der Waals surface area contributed by atoms with Gasteiger partial charge in [0.25, 0.3) is 0 Å². The van der Waals surface area contributed by atoms with E-state index >= 15 is 0 Å². The highest BCUT2D eigenvalue weighted by Gasteiger charge is 2.17. The summed E-state index contributed by atoms with van der Waals surface area (Å²) in [6.07, 6.45) is 8.99. The van der Waals surface area contributed by atoms with E-state index in [1.165, 1.54) is 6.07 Å².